The van der Waals surface area contributed by atoms with E-state index in [1.165, 1.54) is 5.56 Å². The summed E-state index contributed by atoms with van der Waals surface area (Å²) in [7, 11) is 0. The van der Waals surface area contributed by atoms with Crippen molar-refractivity contribution in [3.8, 4) is 0 Å². The van der Waals surface area contributed by atoms with Gasteiger partial charge in [-0.3, -0.25) is 4.79 Å². The molecule has 4 atom stereocenters. The second-order valence-corrected chi connectivity index (χ2v) is 6.67. The first-order chi connectivity index (χ1) is 11.8. The van der Waals surface area contributed by atoms with Crippen LogP contribution in [0.2, 0.25) is 0 Å². The van der Waals surface area contributed by atoms with Gasteiger partial charge in [0.15, 0.2) is 5.69 Å². The highest BCUT2D eigenvalue weighted by molar-refractivity contribution is 5.92. The fourth-order valence-electron chi connectivity index (χ4n) is 3.98. The normalized spacial score (nSPS) is 28.2. The number of nitrogens with zero attached hydrogens (tertiary/aromatic N) is 1. The third-order valence-corrected chi connectivity index (χ3v) is 5.28. The Labute approximate surface area is 141 Å². The van der Waals surface area contributed by atoms with Gasteiger partial charge in [-0.15, -0.1) is 0 Å². The molecule has 2 heterocycles. The fraction of sp³-hybridized carbons (Fsp3) is 0.474. The monoisotopic (exact) mass is 326 g/mol. The molecule has 0 radical (unpaired) electrons. The van der Waals surface area contributed by atoms with E-state index < -0.39 is 0 Å². The molecule has 5 heteroatoms. The number of aryl methyl sites for hydroxylation is 1. The summed E-state index contributed by atoms with van der Waals surface area (Å²) in [5, 5.41) is 7.05. The van der Waals surface area contributed by atoms with Crippen LogP contribution in [0, 0.1) is 11.8 Å². The van der Waals surface area contributed by atoms with E-state index in [1.54, 1.807) is 6.07 Å². The van der Waals surface area contributed by atoms with Crippen molar-refractivity contribution >= 4 is 5.91 Å². The minimum absolute atomic E-state index is 0.145. The number of hydrogen-bond acceptors (Lipinski definition) is 4. The van der Waals surface area contributed by atoms with Crippen molar-refractivity contribution in [2.24, 2.45) is 11.8 Å². The molecular weight excluding hydrogens is 304 g/mol. The lowest BCUT2D eigenvalue weighted by Crippen LogP contribution is -2.62. The number of aromatic nitrogens is 1. The van der Waals surface area contributed by atoms with Crippen LogP contribution in [-0.2, 0) is 17.6 Å². The highest BCUT2D eigenvalue weighted by atomic mass is 16.5. The molecule has 2 aliphatic rings. The SMILES string of the molecule is CCc1cc(C(=O)N[C@@H]2[C@@H](Cc3ccccc3)[C@H]3OCC[C@@H]23)no1. The van der Waals surface area contributed by atoms with E-state index in [1.807, 2.05) is 13.0 Å². The van der Waals surface area contributed by atoms with Crippen molar-refractivity contribution in [3.05, 3.63) is 53.4 Å². The van der Waals surface area contributed by atoms with Crippen LogP contribution in [0.15, 0.2) is 40.9 Å². The van der Waals surface area contributed by atoms with Crippen molar-refractivity contribution < 1.29 is 14.1 Å². The van der Waals surface area contributed by atoms with Crippen molar-refractivity contribution in [2.45, 2.75) is 38.3 Å². The fourth-order valence-corrected chi connectivity index (χ4v) is 3.98. The summed E-state index contributed by atoms with van der Waals surface area (Å²) in [6, 6.07) is 12.3. The number of hydrogen-bond donors (Lipinski definition) is 1. The quantitative estimate of drug-likeness (QED) is 0.917. The summed E-state index contributed by atoms with van der Waals surface area (Å²) in [6.45, 7) is 2.77. The molecular formula is C19H22N2O3. The van der Waals surface area contributed by atoms with Gasteiger partial charge in [0.2, 0.25) is 0 Å². The van der Waals surface area contributed by atoms with Crippen molar-refractivity contribution in [3.63, 3.8) is 0 Å². The number of rotatable bonds is 5. The van der Waals surface area contributed by atoms with E-state index in [0.717, 1.165) is 31.6 Å². The topological polar surface area (TPSA) is 64.4 Å². The van der Waals surface area contributed by atoms with Gasteiger partial charge in [-0.1, -0.05) is 42.4 Å². The molecule has 1 saturated heterocycles. The van der Waals surface area contributed by atoms with E-state index in [4.69, 9.17) is 9.26 Å². The maximum absolute atomic E-state index is 12.5. The Hall–Kier alpha value is -2.14. The molecule has 0 bridgehead atoms. The molecule has 1 N–H and O–H groups in total. The van der Waals surface area contributed by atoms with Crippen LogP contribution in [-0.4, -0.2) is 29.8 Å². The zero-order valence-electron chi connectivity index (χ0n) is 13.8. The minimum Gasteiger partial charge on any atom is -0.377 e. The van der Waals surface area contributed by atoms with Gasteiger partial charge in [0.1, 0.15) is 5.76 Å². The lowest BCUT2D eigenvalue weighted by molar-refractivity contribution is -0.0528. The zero-order chi connectivity index (χ0) is 16.5. The van der Waals surface area contributed by atoms with E-state index in [0.29, 0.717) is 17.5 Å². The first kappa shape index (κ1) is 15.4. The maximum Gasteiger partial charge on any atom is 0.273 e. The summed E-state index contributed by atoms with van der Waals surface area (Å²) < 4.78 is 11.0. The number of fused-ring (bicyclic) bond motifs is 1. The molecule has 2 fully saturated rings. The molecule has 1 aliphatic heterocycles. The first-order valence-electron chi connectivity index (χ1n) is 8.68. The van der Waals surface area contributed by atoms with Crippen LogP contribution < -0.4 is 5.32 Å². The first-order valence-corrected chi connectivity index (χ1v) is 8.68. The Bertz CT molecular complexity index is 712. The van der Waals surface area contributed by atoms with Crippen LogP contribution in [0.5, 0.6) is 0 Å². The van der Waals surface area contributed by atoms with Crippen LogP contribution in [0.25, 0.3) is 0 Å². The zero-order valence-corrected chi connectivity index (χ0v) is 13.8. The van der Waals surface area contributed by atoms with Crippen molar-refractivity contribution in [1.82, 2.24) is 10.5 Å². The van der Waals surface area contributed by atoms with Crippen LogP contribution in [0.3, 0.4) is 0 Å². The number of carbonyl (C=O) groups excluding carboxylic acids is 1. The number of benzene rings is 1. The summed E-state index contributed by atoms with van der Waals surface area (Å²) >= 11 is 0. The Kier molecular flexibility index (Phi) is 4.10. The van der Waals surface area contributed by atoms with Crippen molar-refractivity contribution in [1.29, 1.82) is 0 Å². The molecule has 4 rings (SSSR count). The van der Waals surface area contributed by atoms with Crippen LogP contribution in [0.4, 0.5) is 0 Å². The summed E-state index contributed by atoms with van der Waals surface area (Å²) in [5.41, 5.74) is 1.65. The Morgan fingerprint density at radius 3 is 2.92 bits per heavy atom. The summed E-state index contributed by atoms with van der Waals surface area (Å²) in [5.74, 6) is 1.32. The lowest BCUT2D eigenvalue weighted by atomic mass is 9.64. The average Bonchev–Trinajstić information content (AvgIpc) is 3.26. The smallest absolute Gasteiger partial charge is 0.273 e. The summed E-state index contributed by atoms with van der Waals surface area (Å²) in [4.78, 5) is 12.5. The van der Waals surface area contributed by atoms with Gasteiger partial charge in [-0.2, -0.15) is 0 Å². The molecule has 0 unspecified atom stereocenters. The largest absolute Gasteiger partial charge is 0.377 e. The second-order valence-electron chi connectivity index (χ2n) is 6.67. The number of ether oxygens (including phenoxy) is 1. The number of carbonyl (C=O) groups is 1. The van der Waals surface area contributed by atoms with E-state index in [-0.39, 0.29) is 18.1 Å². The van der Waals surface area contributed by atoms with Crippen LogP contribution >= 0.6 is 0 Å². The molecule has 0 spiro atoms. The van der Waals surface area contributed by atoms with Crippen molar-refractivity contribution in [2.75, 3.05) is 6.61 Å². The van der Waals surface area contributed by atoms with Gasteiger partial charge >= 0.3 is 0 Å². The molecule has 24 heavy (non-hydrogen) atoms. The van der Waals surface area contributed by atoms with Gasteiger partial charge in [0.25, 0.3) is 5.91 Å². The standard InChI is InChI=1S/C19H22N2O3/c1-2-13-11-16(21-24-13)19(22)20-17-14-8-9-23-18(14)15(17)10-12-6-4-3-5-7-12/h3-7,11,14-15,17-18H,2,8-10H2,1H3,(H,20,22)/t14-,15+,17-,18-/m0/s1. The van der Waals surface area contributed by atoms with Gasteiger partial charge in [-0.25, -0.2) is 0 Å². The molecule has 1 aromatic carbocycles. The average molecular weight is 326 g/mol. The van der Waals surface area contributed by atoms with E-state index >= 15 is 0 Å². The van der Waals surface area contributed by atoms with Crippen LogP contribution in [0.1, 0.15) is 35.2 Å². The molecule has 2 aromatic rings. The molecule has 126 valence electrons. The highest BCUT2D eigenvalue weighted by Crippen LogP contribution is 2.45. The summed E-state index contributed by atoms with van der Waals surface area (Å²) in [6.07, 6.45) is 2.93. The second kappa shape index (κ2) is 6.40. The molecule has 5 nitrogen and oxygen atoms in total. The Morgan fingerprint density at radius 2 is 2.17 bits per heavy atom. The minimum atomic E-state index is -0.146. The molecule has 1 amide bonds. The number of amides is 1. The predicted octanol–water partition coefficient (Wildman–Crippen LogP) is 2.61. The predicted molar refractivity (Wildman–Crippen MR) is 88.6 cm³/mol. The molecule has 1 saturated carbocycles. The van der Waals surface area contributed by atoms with Gasteiger partial charge < -0.3 is 14.6 Å². The van der Waals surface area contributed by atoms with Gasteiger partial charge in [0.05, 0.1) is 6.10 Å². The van der Waals surface area contributed by atoms with E-state index in [2.05, 4.69) is 34.7 Å². The van der Waals surface area contributed by atoms with Gasteiger partial charge in [-0.05, 0) is 18.4 Å². The molecule has 1 aromatic heterocycles. The van der Waals surface area contributed by atoms with E-state index in [9.17, 15) is 4.79 Å². The highest BCUT2D eigenvalue weighted by Gasteiger charge is 2.54. The van der Waals surface area contributed by atoms with Gasteiger partial charge in [0, 0.05) is 37.0 Å². The maximum atomic E-state index is 12.5. The lowest BCUT2D eigenvalue weighted by Gasteiger charge is -2.48. The Balaban J connectivity index is 1.46. The molecule has 1 aliphatic carbocycles. The number of nitrogens with one attached hydrogen (secondary N) is 1. The third kappa shape index (κ3) is 2.73. The third-order valence-electron chi connectivity index (χ3n) is 5.28. The Morgan fingerprint density at radius 1 is 1.33 bits per heavy atom.